The van der Waals surface area contributed by atoms with Crippen LogP contribution in [0.15, 0.2) is 12.7 Å². The number of anilines is 1. The van der Waals surface area contributed by atoms with E-state index in [2.05, 4.69) is 19.5 Å². The highest BCUT2D eigenvalue weighted by molar-refractivity contribution is 7.46. The normalized spacial score (nSPS) is 25.9. The lowest BCUT2D eigenvalue weighted by atomic mass is 10.2. The number of imidazole rings is 1. The van der Waals surface area contributed by atoms with Crippen LogP contribution in [0.4, 0.5) is 5.82 Å². The van der Waals surface area contributed by atoms with Gasteiger partial charge in [0.2, 0.25) is 0 Å². The second-order valence-corrected chi connectivity index (χ2v) is 6.06. The lowest BCUT2D eigenvalue weighted by Crippen LogP contribution is -2.19. The quantitative estimate of drug-likeness (QED) is 0.519. The number of fused-ring (bicyclic) bond motifs is 1. The van der Waals surface area contributed by atoms with Gasteiger partial charge in [-0.3, -0.25) is 9.09 Å². The highest BCUT2D eigenvalue weighted by Crippen LogP contribution is 2.38. The van der Waals surface area contributed by atoms with E-state index in [1.165, 1.54) is 17.2 Å². The number of nitrogen functional groups attached to an aromatic ring is 1. The molecule has 1 unspecified atom stereocenters. The van der Waals surface area contributed by atoms with Gasteiger partial charge in [-0.15, -0.1) is 0 Å². The SMILES string of the molecule is Nc1ncnc2c1ncn2[C@@H]1O[C@H](COP(=O)(O)O)CC1O. The maximum atomic E-state index is 10.7. The van der Waals surface area contributed by atoms with E-state index in [4.69, 9.17) is 20.3 Å². The van der Waals surface area contributed by atoms with E-state index in [9.17, 15) is 9.67 Å². The summed E-state index contributed by atoms with van der Waals surface area (Å²) in [5, 5.41) is 10.1. The third kappa shape index (κ3) is 2.95. The van der Waals surface area contributed by atoms with Crippen molar-refractivity contribution in [3.8, 4) is 0 Å². The first-order valence-corrected chi connectivity index (χ1v) is 7.85. The van der Waals surface area contributed by atoms with Gasteiger partial charge in [0.25, 0.3) is 0 Å². The molecular weight excluding hydrogens is 317 g/mol. The molecule has 5 N–H and O–H groups in total. The molecule has 0 bridgehead atoms. The Balaban J connectivity index is 1.80. The Morgan fingerprint density at radius 3 is 2.95 bits per heavy atom. The van der Waals surface area contributed by atoms with Gasteiger partial charge in [-0.05, 0) is 0 Å². The molecule has 3 rings (SSSR count). The van der Waals surface area contributed by atoms with Gasteiger partial charge in [0.1, 0.15) is 17.9 Å². The van der Waals surface area contributed by atoms with Crippen LogP contribution in [0.25, 0.3) is 11.2 Å². The summed E-state index contributed by atoms with van der Waals surface area (Å²) in [7, 11) is -4.58. The van der Waals surface area contributed by atoms with Crippen molar-refractivity contribution in [2.75, 3.05) is 12.3 Å². The van der Waals surface area contributed by atoms with E-state index < -0.39 is 26.3 Å². The summed E-state index contributed by atoms with van der Waals surface area (Å²) < 4.78 is 22.2. The van der Waals surface area contributed by atoms with Crippen LogP contribution in [0.2, 0.25) is 0 Å². The third-order valence-electron chi connectivity index (χ3n) is 3.26. The van der Waals surface area contributed by atoms with Gasteiger partial charge in [0.05, 0.1) is 19.0 Å². The summed E-state index contributed by atoms with van der Waals surface area (Å²) >= 11 is 0. The van der Waals surface area contributed by atoms with Gasteiger partial charge in [-0.1, -0.05) is 0 Å². The predicted octanol–water partition coefficient (Wildman–Crippen LogP) is -0.834. The Kier molecular flexibility index (Phi) is 3.85. The minimum absolute atomic E-state index is 0.158. The summed E-state index contributed by atoms with van der Waals surface area (Å²) in [5.41, 5.74) is 6.47. The molecule has 0 aliphatic carbocycles. The maximum absolute atomic E-state index is 10.7. The van der Waals surface area contributed by atoms with Crippen molar-refractivity contribution in [3.05, 3.63) is 12.7 Å². The molecule has 3 atom stereocenters. The zero-order chi connectivity index (χ0) is 15.9. The first kappa shape index (κ1) is 15.3. The van der Waals surface area contributed by atoms with Crippen LogP contribution in [-0.2, 0) is 13.8 Å². The van der Waals surface area contributed by atoms with Gasteiger partial charge in [0, 0.05) is 6.42 Å². The largest absolute Gasteiger partial charge is 0.469 e. The molecule has 12 heteroatoms. The standard InChI is InChI=1S/C10H14N5O6P/c11-8-7-9(13-3-12-8)15(4-14-7)10-6(16)1-5(21-10)2-20-22(17,18)19/h3-6,10,16H,1-2H2,(H2,11,12,13)(H2,17,18,19)/t5-,6?,10+/m0/s1. The first-order valence-electron chi connectivity index (χ1n) is 6.32. The summed E-state index contributed by atoms with van der Waals surface area (Å²) in [6.07, 6.45) is 0.472. The van der Waals surface area contributed by atoms with Crippen molar-refractivity contribution >= 4 is 24.8 Å². The monoisotopic (exact) mass is 331 g/mol. The Labute approximate surface area is 124 Å². The number of phosphoric ester groups is 1. The zero-order valence-electron chi connectivity index (χ0n) is 11.2. The molecule has 0 amide bonds. The molecule has 11 nitrogen and oxygen atoms in total. The Bertz CT molecular complexity index is 732. The molecular formula is C10H14N5O6P. The number of rotatable bonds is 4. The van der Waals surface area contributed by atoms with Crippen LogP contribution in [-0.4, -0.2) is 53.2 Å². The van der Waals surface area contributed by atoms with Crippen molar-refractivity contribution in [2.24, 2.45) is 0 Å². The van der Waals surface area contributed by atoms with Crippen LogP contribution in [0.1, 0.15) is 12.6 Å². The van der Waals surface area contributed by atoms with Gasteiger partial charge in [-0.25, -0.2) is 19.5 Å². The molecule has 1 aliphatic heterocycles. The Hall–Kier alpha value is -1.62. The molecule has 0 radical (unpaired) electrons. The Morgan fingerprint density at radius 1 is 1.45 bits per heavy atom. The van der Waals surface area contributed by atoms with Crippen molar-refractivity contribution < 1.29 is 28.7 Å². The van der Waals surface area contributed by atoms with Gasteiger partial charge in [0.15, 0.2) is 17.7 Å². The van der Waals surface area contributed by atoms with Gasteiger partial charge >= 0.3 is 7.82 Å². The van der Waals surface area contributed by atoms with Crippen molar-refractivity contribution in [3.63, 3.8) is 0 Å². The lowest BCUT2D eigenvalue weighted by molar-refractivity contribution is -0.0481. The number of aliphatic hydroxyl groups is 1. The van der Waals surface area contributed by atoms with Crippen molar-refractivity contribution in [1.29, 1.82) is 0 Å². The molecule has 120 valence electrons. The lowest BCUT2D eigenvalue weighted by Gasteiger charge is -2.17. The van der Waals surface area contributed by atoms with E-state index in [1.807, 2.05) is 0 Å². The van der Waals surface area contributed by atoms with E-state index in [1.54, 1.807) is 0 Å². The molecule has 1 fully saturated rings. The molecule has 22 heavy (non-hydrogen) atoms. The highest BCUT2D eigenvalue weighted by atomic mass is 31.2. The molecule has 0 aromatic carbocycles. The number of hydrogen-bond donors (Lipinski definition) is 4. The second-order valence-electron chi connectivity index (χ2n) is 4.82. The van der Waals surface area contributed by atoms with E-state index in [0.29, 0.717) is 11.2 Å². The maximum Gasteiger partial charge on any atom is 0.469 e. The van der Waals surface area contributed by atoms with E-state index in [-0.39, 0.29) is 18.8 Å². The van der Waals surface area contributed by atoms with Crippen molar-refractivity contribution in [1.82, 2.24) is 19.5 Å². The molecule has 0 saturated carbocycles. The predicted molar refractivity (Wildman–Crippen MR) is 72.3 cm³/mol. The fourth-order valence-corrected chi connectivity index (χ4v) is 2.68. The minimum atomic E-state index is -4.58. The molecule has 2 aromatic heterocycles. The number of nitrogens with zero attached hydrogens (tertiary/aromatic N) is 4. The number of nitrogens with two attached hydrogens (primary N) is 1. The first-order chi connectivity index (χ1) is 10.3. The number of ether oxygens (including phenoxy) is 1. The summed E-state index contributed by atoms with van der Waals surface area (Å²) in [4.78, 5) is 29.3. The zero-order valence-corrected chi connectivity index (χ0v) is 12.1. The molecule has 1 saturated heterocycles. The fourth-order valence-electron chi connectivity index (χ4n) is 2.32. The minimum Gasteiger partial charge on any atom is -0.388 e. The van der Waals surface area contributed by atoms with Gasteiger partial charge < -0.3 is 25.4 Å². The summed E-state index contributed by atoms with van der Waals surface area (Å²) in [6.45, 7) is -0.332. The fraction of sp³-hybridized carbons (Fsp3) is 0.500. The van der Waals surface area contributed by atoms with Crippen LogP contribution < -0.4 is 5.73 Å². The number of aromatic nitrogens is 4. The number of hydrogen-bond acceptors (Lipinski definition) is 8. The topological polar surface area (TPSA) is 166 Å². The molecule has 2 aromatic rings. The van der Waals surface area contributed by atoms with Crippen LogP contribution in [0.5, 0.6) is 0 Å². The van der Waals surface area contributed by atoms with E-state index in [0.717, 1.165) is 0 Å². The third-order valence-corrected chi connectivity index (χ3v) is 3.74. The second kappa shape index (κ2) is 5.54. The smallest absolute Gasteiger partial charge is 0.388 e. The van der Waals surface area contributed by atoms with Crippen LogP contribution in [0, 0.1) is 0 Å². The molecule has 0 spiro atoms. The Morgan fingerprint density at radius 2 is 2.23 bits per heavy atom. The summed E-state index contributed by atoms with van der Waals surface area (Å²) in [6, 6.07) is 0. The number of aliphatic hydroxyl groups excluding tert-OH is 1. The van der Waals surface area contributed by atoms with Gasteiger partial charge in [-0.2, -0.15) is 0 Å². The number of phosphoric acid groups is 1. The van der Waals surface area contributed by atoms with E-state index >= 15 is 0 Å². The van der Waals surface area contributed by atoms with Crippen LogP contribution >= 0.6 is 7.82 Å². The molecule has 3 heterocycles. The molecule has 1 aliphatic rings. The average Bonchev–Trinajstić information content (AvgIpc) is 3.00. The highest BCUT2D eigenvalue weighted by Gasteiger charge is 2.37. The van der Waals surface area contributed by atoms with Crippen molar-refractivity contribution in [2.45, 2.75) is 24.9 Å². The van der Waals surface area contributed by atoms with Crippen LogP contribution in [0.3, 0.4) is 0 Å². The summed E-state index contributed by atoms with van der Waals surface area (Å²) in [5.74, 6) is 0.206. The average molecular weight is 331 g/mol.